The lowest BCUT2D eigenvalue weighted by atomic mass is 9.93. The zero-order chi connectivity index (χ0) is 16.2. The Morgan fingerprint density at radius 2 is 2.13 bits per heavy atom. The van der Waals surface area contributed by atoms with Crippen LogP contribution in [0.5, 0.6) is 0 Å². The predicted octanol–water partition coefficient (Wildman–Crippen LogP) is 4.08. The summed E-state index contributed by atoms with van der Waals surface area (Å²) in [6, 6.07) is 6.38. The minimum Gasteiger partial charge on any atom is -0.464 e. The molecule has 3 rings (SSSR count). The second-order valence-corrected chi connectivity index (χ2v) is 6.45. The number of carbonyl (C=O) groups is 1. The molecule has 0 bridgehead atoms. The topological polar surface area (TPSA) is 33.5 Å². The molecule has 1 aromatic heterocycles. The van der Waals surface area contributed by atoms with E-state index in [1.807, 2.05) is 30.0 Å². The van der Waals surface area contributed by atoms with Gasteiger partial charge in [-0.2, -0.15) is 0 Å². The molecule has 120 valence electrons. The molecule has 0 atom stereocenters. The average Bonchev–Trinajstić information content (AvgIpc) is 2.95. The average molecular weight is 309 g/mol. The number of furan rings is 1. The van der Waals surface area contributed by atoms with E-state index in [0.29, 0.717) is 19.0 Å². The number of terminal acetylenes is 1. The lowest BCUT2D eigenvalue weighted by Gasteiger charge is -2.33. The molecule has 1 aliphatic rings. The van der Waals surface area contributed by atoms with Crippen LogP contribution in [0.15, 0.2) is 28.9 Å². The number of hydrogen-bond acceptors (Lipinski definition) is 2. The molecule has 3 heteroatoms. The number of amides is 1. The van der Waals surface area contributed by atoms with Crippen LogP contribution in [0.25, 0.3) is 11.0 Å². The highest BCUT2D eigenvalue weighted by Gasteiger charge is 2.25. The number of fused-ring (bicyclic) bond motifs is 1. The van der Waals surface area contributed by atoms with Crippen molar-refractivity contribution in [1.82, 2.24) is 4.90 Å². The molecular formula is C20H23NO2. The summed E-state index contributed by atoms with van der Waals surface area (Å²) >= 11 is 0. The first-order valence-corrected chi connectivity index (χ1v) is 8.38. The van der Waals surface area contributed by atoms with Crippen molar-refractivity contribution < 1.29 is 9.21 Å². The number of nitrogens with zero attached hydrogens (tertiary/aromatic N) is 1. The van der Waals surface area contributed by atoms with Crippen LogP contribution in [0.2, 0.25) is 0 Å². The Labute approximate surface area is 137 Å². The van der Waals surface area contributed by atoms with E-state index in [2.05, 4.69) is 5.92 Å². The number of carbonyl (C=O) groups excluding carboxylic acids is 1. The van der Waals surface area contributed by atoms with Gasteiger partial charge in [-0.3, -0.25) is 4.79 Å². The first-order valence-electron chi connectivity index (χ1n) is 8.38. The second kappa shape index (κ2) is 6.91. The highest BCUT2D eigenvalue weighted by atomic mass is 16.3. The van der Waals surface area contributed by atoms with Gasteiger partial charge in [0.15, 0.2) is 0 Å². The maximum atomic E-state index is 12.8. The SMILES string of the molecule is C#CCN(C(=O)Cc1coc2cc(C)ccc12)C1CCCCC1. The summed E-state index contributed by atoms with van der Waals surface area (Å²) in [4.78, 5) is 14.7. The number of rotatable bonds is 4. The molecule has 23 heavy (non-hydrogen) atoms. The fourth-order valence-corrected chi connectivity index (χ4v) is 3.50. The van der Waals surface area contributed by atoms with E-state index in [4.69, 9.17) is 10.8 Å². The number of aryl methyl sites for hydroxylation is 1. The van der Waals surface area contributed by atoms with Crippen LogP contribution in [0.1, 0.15) is 43.2 Å². The normalized spacial score (nSPS) is 15.5. The monoisotopic (exact) mass is 309 g/mol. The Balaban J connectivity index is 1.78. The van der Waals surface area contributed by atoms with E-state index in [0.717, 1.165) is 34.9 Å². The van der Waals surface area contributed by atoms with E-state index < -0.39 is 0 Å². The molecule has 0 radical (unpaired) electrons. The minimum atomic E-state index is 0.109. The highest BCUT2D eigenvalue weighted by molar-refractivity contribution is 5.88. The van der Waals surface area contributed by atoms with E-state index in [-0.39, 0.29) is 5.91 Å². The third-order valence-electron chi connectivity index (χ3n) is 4.75. The molecule has 1 heterocycles. The smallest absolute Gasteiger partial charge is 0.228 e. The van der Waals surface area contributed by atoms with Crippen LogP contribution in [-0.2, 0) is 11.2 Å². The zero-order valence-electron chi connectivity index (χ0n) is 13.7. The van der Waals surface area contributed by atoms with Gasteiger partial charge in [0, 0.05) is 17.0 Å². The summed E-state index contributed by atoms with van der Waals surface area (Å²) in [6.07, 6.45) is 13.3. The van der Waals surface area contributed by atoms with Crippen molar-refractivity contribution in [1.29, 1.82) is 0 Å². The van der Waals surface area contributed by atoms with Crippen molar-refractivity contribution >= 4 is 16.9 Å². The van der Waals surface area contributed by atoms with Gasteiger partial charge in [0.2, 0.25) is 5.91 Å². The van der Waals surface area contributed by atoms with E-state index >= 15 is 0 Å². The summed E-state index contributed by atoms with van der Waals surface area (Å²) in [5, 5.41) is 1.02. The Morgan fingerprint density at radius 3 is 2.87 bits per heavy atom. The van der Waals surface area contributed by atoms with Gasteiger partial charge in [0.05, 0.1) is 19.2 Å². The van der Waals surface area contributed by atoms with Crippen LogP contribution in [0.3, 0.4) is 0 Å². The molecule has 2 aromatic rings. The largest absolute Gasteiger partial charge is 0.464 e. The van der Waals surface area contributed by atoms with Gasteiger partial charge in [0.25, 0.3) is 0 Å². The first kappa shape index (κ1) is 15.7. The Morgan fingerprint density at radius 1 is 1.35 bits per heavy atom. The summed E-state index contributed by atoms with van der Waals surface area (Å²) in [5.74, 6) is 2.76. The molecule has 0 spiro atoms. The Hall–Kier alpha value is -2.21. The van der Waals surface area contributed by atoms with E-state index in [1.165, 1.54) is 19.3 Å². The van der Waals surface area contributed by atoms with Crippen molar-refractivity contribution in [3.05, 3.63) is 35.6 Å². The maximum Gasteiger partial charge on any atom is 0.228 e. The van der Waals surface area contributed by atoms with Gasteiger partial charge >= 0.3 is 0 Å². The Bertz CT molecular complexity index is 732. The first-order chi connectivity index (χ1) is 11.2. The highest BCUT2D eigenvalue weighted by Crippen LogP contribution is 2.26. The van der Waals surface area contributed by atoms with Gasteiger partial charge < -0.3 is 9.32 Å². The fourth-order valence-electron chi connectivity index (χ4n) is 3.50. The molecule has 1 aliphatic carbocycles. The molecule has 1 aromatic carbocycles. The summed E-state index contributed by atoms with van der Waals surface area (Å²) in [7, 11) is 0. The van der Waals surface area contributed by atoms with Crippen molar-refractivity contribution in [2.45, 2.75) is 51.5 Å². The molecule has 0 N–H and O–H groups in total. The van der Waals surface area contributed by atoms with E-state index in [9.17, 15) is 4.79 Å². The fraction of sp³-hybridized carbons (Fsp3) is 0.450. The molecule has 0 saturated heterocycles. The summed E-state index contributed by atoms with van der Waals surface area (Å²) in [6.45, 7) is 2.43. The summed E-state index contributed by atoms with van der Waals surface area (Å²) < 4.78 is 5.60. The van der Waals surface area contributed by atoms with Crippen LogP contribution in [0.4, 0.5) is 0 Å². The second-order valence-electron chi connectivity index (χ2n) is 6.45. The van der Waals surface area contributed by atoms with Crippen LogP contribution in [0, 0.1) is 19.3 Å². The molecule has 0 unspecified atom stereocenters. The molecule has 1 fully saturated rings. The van der Waals surface area contributed by atoms with Crippen LogP contribution >= 0.6 is 0 Å². The Kier molecular flexibility index (Phi) is 4.71. The van der Waals surface area contributed by atoms with Crippen LogP contribution in [-0.4, -0.2) is 23.4 Å². The van der Waals surface area contributed by atoms with Gasteiger partial charge in [-0.05, 0) is 31.4 Å². The molecular weight excluding hydrogens is 286 g/mol. The lowest BCUT2D eigenvalue weighted by molar-refractivity contribution is -0.132. The van der Waals surface area contributed by atoms with Crippen molar-refractivity contribution in [3.8, 4) is 12.3 Å². The van der Waals surface area contributed by atoms with Crippen LogP contribution < -0.4 is 0 Å². The summed E-state index contributed by atoms with van der Waals surface area (Å²) in [5.41, 5.74) is 2.94. The maximum absolute atomic E-state index is 12.8. The van der Waals surface area contributed by atoms with Crippen molar-refractivity contribution in [2.24, 2.45) is 0 Å². The third kappa shape index (κ3) is 3.42. The lowest BCUT2D eigenvalue weighted by Crippen LogP contribution is -2.42. The van der Waals surface area contributed by atoms with Crippen molar-refractivity contribution in [2.75, 3.05) is 6.54 Å². The van der Waals surface area contributed by atoms with Crippen molar-refractivity contribution in [3.63, 3.8) is 0 Å². The quantitative estimate of drug-likeness (QED) is 0.797. The van der Waals surface area contributed by atoms with Gasteiger partial charge in [0.1, 0.15) is 5.58 Å². The molecule has 0 aliphatic heterocycles. The number of benzene rings is 1. The standard InChI is InChI=1S/C20H23NO2/c1-3-11-21(17-7-5-4-6-8-17)20(22)13-16-14-23-19-12-15(2)9-10-18(16)19/h1,9-10,12,14,17H,4-8,11,13H2,2H3. The van der Waals surface area contributed by atoms with Gasteiger partial charge in [-0.15, -0.1) is 6.42 Å². The predicted molar refractivity (Wildman–Crippen MR) is 92.1 cm³/mol. The van der Waals surface area contributed by atoms with E-state index in [1.54, 1.807) is 6.26 Å². The molecule has 1 saturated carbocycles. The van der Waals surface area contributed by atoms with Gasteiger partial charge in [-0.25, -0.2) is 0 Å². The zero-order valence-corrected chi connectivity index (χ0v) is 13.7. The molecule has 1 amide bonds. The third-order valence-corrected chi connectivity index (χ3v) is 4.75. The molecule has 3 nitrogen and oxygen atoms in total. The minimum absolute atomic E-state index is 0.109. The van der Waals surface area contributed by atoms with Gasteiger partial charge in [-0.1, -0.05) is 37.3 Å². The number of hydrogen-bond donors (Lipinski definition) is 0.